The largest absolute Gasteiger partial charge is 0.490 e. The van der Waals surface area contributed by atoms with Crippen molar-refractivity contribution in [1.29, 1.82) is 0 Å². The van der Waals surface area contributed by atoms with Crippen LogP contribution >= 0.6 is 11.6 Å². The van der Waals surface area contributed by atoms with E-state index < -0.39 is 0 Å². The van der Waals surface area contributed by atoms with Crippen LogP contribution in [-0.4, -0.2) is 39.8 Å². The molecule has 0 unspecified atom stereocenters. The SMILES string of the molecule is Cc1nc(Cl)ncc1OCC1CCN(c2nc(C(C)C)no2)CC1. The minimum absolute atomic E-state index is 0.244. The lowest BCUT2D eigenvalue weighted by atomic mass is 9.98. The Kier molecular flexibility index (Phi) is 5.18. The number of nitrogens with zero attached hydrogens (tertiary/aromatic N) is 5. The van der Waals surface area contributed by atoms with Crippen molar-refractivity contribution in [3.8, 4) is 5.75 Å². The maximum Gasteiger partial charge on any atom is 0.324 e. The lowest BCUT2D eigenvalue weighted by Crippen LogP contribution is -2.35. The van der Waals surface area contributed by atoms with E-state index >= 15 is 0 Å². The van der Waals surface area contributed by atoms with Gasteiger partial charge in [-0.3, -0.25) is 0 Å². The predicted molar refractivity (Wildman–Crippen MR) is 90.6 cm³/mol. The number of hydrogen-bond donors (Lipinski definition) is 0. The highest BCUT2D eigenvalue weighted by atomic mass is 35.5. The maximum absolute atomic E-state index is 5.85. The first-order valence-electron chi connectivity index (χ1n) is 8.23. The molecule has 1 aliphatic rings. The Labute approximate surface area is 146 Å². The fraction of sp³-hybridized carbons (Fsp3) is 0.625. The number of rotatable bonds is 5. The summed E-state index contributed by atoms with van der Waals surface area (Å²) < 4.78 is 11.2. The van der Waals surface area contributed by atoms with Gasteiger partial charge in [0.25, 0.3) is 0 Å². The first-order chi connectivity index (χ1) is 11.5. The van der Waals surface area contributed by atoms with E-state index in [-0.39, 0.29) is 11.2 Å². The lowest BCUT2D eigenvalue weighted by Gasteiger charge is -2.30. The molecule has 0 aromatic carbocycles. The van der Waals surface area contributed by atoms with Gasteiger partial charge in [0, 0.05) is 19.0 Å². The summed E-state index contributed by atoms with van der Waals surface area (Å²) in [6, 6.07) is 0.625. The van der Waals surface area contributed by atoms with E-state index in [0.29, 0.717) is 24.3 Å². The molecular formula is C16H22ClN5O2. The van der Waals surface area contributed by atoms with Crippen molar-refractivity contribution < 1.29 is 9.26 Å². The highest BCUT2D eigenvalue weighted by Gasteiger charge is 2.24. The Bertz CT molecular complexity index is 683. The Morgan fingerprint density at radius 2 is 2.08 bits per heavy atom. The quantitative estimate of drug-likeness (QED) is 0.765. The van der Waals surface area contributed by atoms with Crippen LogP contribution < -0.4 is 9.64 Å². The zero-order valence-corrected chi connectivity index (χ0v) is 15.0. The van der Waals surface area contributed by atoms with Crippen molar-refractivity contribution in [2.24, 2.45) is 5.92 Å². The first-order valence-corrected chi connectivity index (χ1v) is 8.61. The highest BCUT2D eigenvalue weighted by Crippen LogP contribution is 2.25. The second-order valence-electron chi connectivity index (χ2n) is 6.42. The molecular weight excluding hydrogens is 330 g/mol. The molecule has 0 amide bonds. The molecule has 7 nitrogen and oxygen atoms in total. The fourth-order valence-electron chi connectivity index (χ4n) is 2.66. The van der Waals surface area contributed by atoms with Crippen molar-refractivity contribution >= 4 is 17.6 Å². The molecule has 0 N–H and O–H groups in total. The molecule has 130 valence electrons. The van der Waals surface area contributed by atoms with Gasteiger partial charge in [0.05, 0.1) is 18.5 Å². The summed E-state index contributed by atoms with van der Waals surface area (Å²) >= 11 is 5.76. The summed E-state index contributed by atoms with van der Waals surface area (Å²) in [6.07, 6.45) is 3.67. The lowest BCUT2D eigenvalue weighted by molar-refractivity contribution is 0.217. The zero-order chi connectivity index (χ0) is 17.1. The average molecular weight is 352 g/mol. The van der Waals surface area contributed by atoms with Gasteiger partial charge in [-0.25, -0.2) is 9.97 Å². The molecule has 1 aliphatic heterocycles. The predicted octanol–water partition coefficient (Wildman–Crippen LogP) is 3.24. The summed E-state index contributed by atoms with van der Waals surface area (Å²) in [4.78, 5) is 14.7. The zero-order valence-electron chi connectivity index (χ0n) is 14.2. The fourth-order valence-corrected chi connectivity index (χ4v) is 2.83. The molecule has 0 spiro atoms. The molecule has 3 rings (SSSR count). The van der Waals surface area contributed by atoms with Crippen LogP contribution in [0.3, 0.4) is 0 Å². The molecule has 0 bridgehead atoms. The second-order valence-corrected chi connectivity index (χ2v) is 6.76. The molecule has 0 aliphatic carbocycles. The molecule has 8 heteroatoms. The van der Waals surface area contributed by atoms with Crippen LogP contribution in [0.2, 0.25) is 5.28 Å². The van der Waals surface area contributed by atoms with E-state index in [4.69, 9.17) is 20.9 Å². The van der Waals surface area contributed by atoms with Gasteiger partial charge in [-0.1, -0.05) is 19.0 Å². The van der Waals surface area contributed by atoms with Crippen LogP contribution in [0.1, 0.15) is 44.1 Å². The van der Waals surface area contributed by atoms with Gasteiger partial charge < -0.3 is 14.2 Å². The van der Waals surface area contributed by atoms with Gasteiger partial charge in [0.15, 0.2) is 11.6 Å². The standard InChI is InChI=1S/C16H22ClN5O2/c1-10(2)14-20-16(24-21-14)22-6-4-12(5-7-22)9-23-13-8-18-15(17)19-11(13)3/h8,10,12H,4-7,9H2,1-3H3. The van der Waals surface area contributed by atoms with Crippen molar-refractivity contribution in [2.75, 3.05) is 24.6 Å². The Morgan fingerprint density at radius 1 is 1.33 bits per heavy atom. The van der Waals surface area contributed by atoms with E-state index in [1.54, 1.807) is 6.20 Å². The van der Waals surface area contributed by atoms with Crippen LogP contribution in [0.5, 0.6) is 5.75 Å². The minimum atomic E-state index is 0.244. The minimum Gasteiger partial charge on any atom is -0.490 e. The monoisotopic (exact) mass is 351 g/mol. The van der Waals surface area contributed by atoms with Gasteiger partial charge in [-0.05, 0) is 37.3 Å². The number of aryl methyl sites for hydroxylation is 1. The van der Waals surface area contributed by atoms with Crippen molar-refractivity contribution in [1.82, 2.24) is 20.1 Å². The average Bonchev–Trinajstić information content (AvgIpc) is 3.05. The van der Waals surface area contributed by atoms with Crippen molar-refractivity contribution in [3.63, 3.8) is 0 Å². The van der Waals surface area contributed by atoms with Crippen molar-refractivity contribution in [2.45, 2.75) is 39.5 Å². The van der Waals surface area contributed by atoms with Gasteiger partial charge >= 0.3 is 6.01 Å². The molecule has 3 heterocycles. The number of anilines is 1. The second kappa shape index (κ2) is 7.34. The summed E-state index contributed by atoms with van der Waals surface area (Å²) in [5, 5.41) is 4.27. The van der Waals surface area contributed by atoms with E-state index in [1.807, 2.05) is 6.92 Å². The summed E-state index contributed by atoms with van der Waals surface area (Å²) in [6.45, 7) is 8.42. The maximum atomic E-state index is 5.85. The van der Waals surface area contributed by atoms with Gasteiger partial charge in [-0.2, -0.15) is 4.98 Å². The van der Waals surface area contributed by atoms with E-state index in [2.05, 4.69) is 38.9 Å². The van der Waals surface area contributed by atoms with Crippen LogP contribution in [-0.2, 0) is 0 Å². The van der Waals surface area contributed by atoms with Crippen molar-refractivity contribution in [3.05, 3.63) is 23.0 Å². The summed E-state index contributed by atoms with van der Waals surface area (Å²) in [7, 11) is 0. The first kappa shape index (κ1) is 17.0. The van der Waals surface area contributed by atoms with Crippen LogP contribution in [0.25, 0.3) is 0 Å². The third-order valence-corrected chi connectivity index (χ3v) is 4.39. The molecule has 0 radical (unpaired) electrons. The summed E-state index contributed by atoms with van der Waals surface area (Å²) in [5.41, 5.74) is 0.763. The molecule has 0 atom stereocenters. The van der Waals surface area contributed by atoms with E-state index in [9.17, 15) is 0 Å². The Morgan fingerprint density at radius 3 is 2.71 bits per heavy atom. The van der Waals surface area contributed by atoms with Crippen LogP contribution in [0.4, 0.5) is 6.01 Å². The number of piperidine rings is 1. The molecule has 1 saturated heterocycles. The molecule has 0 saturated carbocycles. The molecule has 24 heavy (non-hydrogen) atoms. The molecule has 2 aromatic rings. The van der Waals surface area contributed by atoms with E-state index in [0.717, 1.165) is 37.4 Å². The van der Waals surface area contributed by atoms with Crippen LogP contribution in [0.15, 0.2) is 10.7 Å². The normalized spacial score (nSPS) is 16.0. The highest BCUT2D eigenvalue weighted by molar-refractivity contribution is 6.28. The number of ether oxygens (including phenoxy) is 1. The summed E-state index contributed by atoms with van der Waals surface area (Å²) in [5.74, 6) is 2.22. The van der Waals surface area contributed by atoms with Gasteiger partial charge in [-0.15, -0.1) is 0 Å². The number of aromatic nitrogens is 4. The molecule has 2 aromatic heterocycles. The topological polar surface area (TPSA) is 77.2 Å². The Hall–Kier alpha value is -1.89. The smallest absolute Gasteiger partial charge is 0.324 e. The van der Waals surface area contributed by atoms with Gasteiger partial charge in [0.2, 0.25) is 5.28 Å². The van der Waals surface area contributed by atoms with Crippen LogP contribution in [0, 0.1) is 12.8 Å². The number of hydrogen-bond acceptors (Lipinski definition) is 7. The number of halogens is 1. The Balaban J connectivity index is 1.49. The van der Waals surface area contributed by atoms with E-state index in [1.165, 1.54) is 0 Å². The third kappa shape index (κ3) is 3.95. The third-order valence-electron chi connectivity index (χ3n) is 4.21. The molecule has 1 fully saturated rings. The van der Waals surface area contributed by atoms with Gasteiger partial charge in [0.1, 0.15) is 0 Å².